The second-order valence-electron chi connectivity index (χ2n) is 5.83. The summed E-state index contributed by atoms with van der Waals surface area (Å²) >= 11 is 0. The van der Waals surface area contributed by atoms with E-state index in [1.165, 1.54) is 22.8 Å². The number of nitrogens with one attached hydrogen (secondary N) is 1. The lowest BCUT2D eigenvalue weighted by Gasteiger charge is -2.22. The zero-order valence-corrected chi connectivity index (χ0v) is 14.1. The van der Waals surface area contributed by atoms with Crippen LogP contribution in [0.2, 0.25) is 0 Å². The minimum atomic E-state index is -3.61. The number of benzene rings is 1. The van der Waals surface area contributed by atoms with Crippen molar-refractivity contribution in [1.29, 1.82) is 0 Å². The highest BCUT2D eigenvalue weighted by atomic mass is 32.2. The van der Waals surface area contributed by atoms with Crippen LogP contribution in [-0.2, 0) is 17.1 Å². The first-order valence-electron chi connectivity index (χ1n) is 7.75. The maximum atomic E-state index is 12.5. The summed E-state index contributed by atoms with van der Waals surface area (Å²) < 4.78 is 34.0. The first kappa shape index (κ1) is 16.2. The van der Waals surface area contributed by atoms with Gasteiger partial charge in [-0.15, -0.1) is 0 Å². The normalized spacial score (nSPS) is 19.7. The number of sulfonamides is 1. The first-order chi connectivity index (χ1) is 10.9. The molecule has 0 radical (unpaired) electrons. The Morgan fingerprint density at radius 3 is 2.91 bits per heavy atom. The average molecular weight is 339 g/mol. The highest BCUT2D eigenvalue weighted by molar-refractivity contribution is 7.89. The number of hydrogen-bond donors (Lipinski definition) is 1. The quantitative estimate of drug-likeness (QED) is 0.875. The van der Waals surface area contributed by atoms with E-state index in [1.807, 2.05) is 0 Å². The Kier molecular flexibility index (Phi) is 4.31. The molecular weight excluding hydrogens is 318 g/mol. The topological polar surface area (TPSA) is 84.6 Å². The molecule has 7 nitrogen and oxygen atoms in total. The van der Waals surface area contributed by atoms with E-state index in [-0.39, 0.29) is 10.9 Å². The maximum absolute atomic E-state index is 12.5. The molecule has 1 aromatic heterocycles. The Balaban J connectivity index is 1.82. The van der Waals surface area contributed by atoms with E-state index >= 15 is 0 Å². The van der Waals surface area contributed by atoms with Crippen molar-refractivity contribution in [3.05, 3.63) is 28.7 Å². The molecule has 2 aromatic rings. The van der Waals surface area contributed by atoms with Crippen molar-refractivity contribution in [3.63, 3.8) is 0 Å². The van der Waals surface area contributed by atoms with Gasteiger partial charge in [0.1, 0.15) is 0 Å². The zero-order valence-electron chi connectivity index (χ0n) is 13.3. The predicted molar refractivity (Wildman–Crippen MR) is 86.9 cm³/mol. The molecule has 1 aliphatic rings. The van der Waals surface area contributed by atoms with Crippen molar-refractivity contribution in [2.45, 2.75) is 30.7 Å². The van der Waals surface area contributed by atoms with E-state index in [9.17, 15) is 13.2 Å². The van der Waals surface area contributed by atoms with Crippen LogP contribution in [0, 0.1) is 0 Å². The number of likely N-dealkylation sites (N-methyl/N-ethyl adjacent to an activating group) is 1. The molecule has 0 spiro atoms. The summed E-state index contributed by atoms with van der Waals surface area (Å²) in [6.45, 7) is 4.43. The lowest BCUT2D eigenvalue weighted by molar-refractivity contribution is 0.268. The average Bonchev–Trinajstić information content (AvgIpc) is 3.10. The molecule has 1 unspecified atom stereocenters. The Labute approximate surface area is 134 Å². The summed E-state index contributed by atoms with van der Waals surface area (Å²) in [7, 11) is -2.06. The first-order valence-corrected chi connectivity index (χ1v) is 9.24. The van der Waals surface area contributed by atoms with Crippen LogP contribution in [0.5, 0.6) is 0 Å². The van der Waals surface area contributed by atoms with Crippen molar-refractivity contribution in [2.75, 3.05) is 19.6 Å². The molecule has 1 saturated heterocycles. The van der Waals surface area contributed by atoms with E-state index in [1.54, 1.807) is 7.05 Å². The molecule has 0 amide bonds. The summed E-state index contributed by atoms with van der Waals surface area (Å²) in [6, 6.07) is 4.69. The van der Waals surface area contributed by atoms with Gasteiger partial charge in [0.05, 0.1) is 10.4 Å². The monoisotopic (exact) mass is 339 g/mol. The second kappa shape index (κ2) is 6.10. The van der Waals surface area contributed by atoms with Gasteiger partial charge in [0.25, 0.3) is 0 Å². The van der Waals surface area contributed by atoms with Gasteiger partial charge in [-0.3, -0.25) is 9.47 Å². The Morgan fingerprint density at radius 2 is 2.17 bits per heavy atom. The summed E-state index contributed by atoms with van der Waals surface area (Å²) in [5, 5.41) is 0. The summed E-state index contributed by atoms with van der Waals surface area (Å²) in [5.74, 6) is -0.507. The Morgan fingerprint density at radius 1 is 1.39 bits per heavy atom. The van der Waals surface area contributed by atoms with Gasteiger partial charge < -0.3 is 4.42 Å². The second-order valence-corrected chi connectivity index (χ2v) is 7.60. The molecule has 3 rings (SSSR count). The minimum absolute atomic E-state index is 0.141. The third-order valence-electron chi connectivity index (χ3n) is 4.49. The van der Waals surface area contributed by atoms with Gasteiger partial charge in [0.15, 0.2) is 5.58 Å². The number of fused-ring (bicyclic) bond motifs is 1. The molecule has 0 aliphatic carbocycles. The van der Waals surface area contributed by atoms with Gasteiger partial charge in [-0.05, 0) is 44.1 Å². The molecule has 2 heterocycles. The molecule has 0 saturated carbocycles. The molecule has 126 valence electrons. The standard InChI is InChI=1S/C15H21N3O4S/c1-3-18-8-4-5-11(18)10-16-23(20,21)12-6-7-14-13(9-12)17(2)15(19)22-14/h6-7,9,11,16H,3-5,8,10H2,1-2H3. The Hall–Kier alpha value is -1.64. The molecule has 1 atom stereocenters. The van der Waals surface area contributed by atoms with Crippen molar-refractivity contribution in [3.8, 4) is 0 Å². The molecule has 1 aliphatic heterocycles. The van der Waals surface area contributed by atoms with Crippen LogP contribution >= 0.6 is 0 Å². The lowest BCUT2D eigenvalue weighted by atomic mass is 10.2. The fraction of sp³-hybridized carbons (Fsp3) is 0.533. The molecule has 1 N–H and O–H groups in total. The van der Waals surface area contributed by atoms with Crippen molar-refractivity contribution >= 4 is 21.1 Å². The molecule has 1 fully saturated rings. The Bertz CT molecular complexity index is 868. The highest BCUT2D eigenvalue weighted by Gasteiger charge is 2.25. The molecule has 8 heteroatoms. The zero-order chi connectivity index (χ0) is 16.6. The summed E-state index contributed by atoms with van der Waals surface area (Å²) in [4.78, 5) is 13.9. The number of rotatable bonds is 5. The van der Waals surface area contributed by atoms with Gasteiger partial charge in [0, 0.05) is 19.6 Å². The summed E-state index contributed by atoms with van der Waals surface area (Å²) in [6.07, 6.45) is 2.11. The van der Waals surface area contributed by atoms with Crippen LogP contribution in [0.15, 0.2) is 32.3 Å². The van der Waals surface area contributed by atoms with Crippen LogP contribution in [0.25, 0.3) is 11.1 Å². The fourth-order valence-electron chi connectivity index (χ4n) is 3.11. The van der Waals surface area contributed by atoms with Crippen molar-refractivity contribution in [2.24, 2.45) is 7.05 Å². The molecule has 0 bridgehead atoms. The lowest BCUT2D eigenvalue weighted by Crippen LogP contribution is -2.39. The van der Waals surface area contributed by atoms with Crippen LogP contribution in [0.4, 0.5) is 0 Å². The van der Waals surface area contributed by atoms with Gasteiger partial charge in [-0.2, -0.15) is 0 Å². The molecular formula is C15H21N3O4S. The van der Waals surface area contributed by atoms with Crippen molar-refractivity contribution in [1.82, 2.24) is 14.2 Å². The largest absolute Gasteiger partial charge is 0.419 e. The van der Waals surface area contributed by atoms with Gasteiger partial charge >= 0.3 is 5.76 Å². The third-order valence-corrected chi connectivity index (χ3v) is 5.91. The number of likely N-dealkylation sites (tertiary alicyclic amines) is 1. The van der Waals surface area contributed by atoms with Gasteiger partial charge in [-0.25, -0.2) is 17.9 Å². The van der Waals surface area contributed by atoms with E-state index < -0.39 is 15.8 Å². The van der Waals surface area contributed by atoms with E-state index in [0.717, 1.165) is 25.9 Å². The van der Waals surface area contributed by atoms with Crippen LogP contribution < -0.4 is 10.5 Å². The smallest absolute Gasteiger partial charge is 0.408 e. The third kappa shape index (κ3) is 3.06. The summed E-state index contributed by atoms with van der Waals surface area (Å²) in [5.41, 5.74) is 0.846. The number of hydrogen-bond acceptors (Lipinski definition) is 5. The van der Waals surface area contributed by atoms with Crippen LogP contribution in [0.3, 0.4) is 0 Å². The number of aryl methyl sites for hydroxylation is 1. The highest BCUT2D eigenvalue weighted by Crippen LogP contribution is 2.19. The fourth-order valence-corrected chi connectivity index (χ4v) is 4.20. The van der Waals surface area contributed by atoms with E-state index in [4.69, 9.17) is 4.42 Å². The van der Waals surface area contributed by atoms with Crippen LogP contribution in [0.1, 0.15) is 19.8 Å². The number of aromatic nitrogens is 1. The molecule has 1 aromatic carbocycles. The van der Waals surface area contributed by atoms with E-state index in [0.29, 0.717) is 17.6 Å². The number of nitrogens with zero attached hydrogens (tertiary/aromatic N) is 2. The molecule has 23 heavy (non-hydrogen) atoms. The van der Waals surface area contributed by atoms with Crippen molar-refractivity contribution < 1.29 is 12.8 Å². The van der Waals surface area contributed by atoms with E-state index in [2.05, 4.69) is 16.5 Å². The number of oxazole rings is 1. The van der Waals surface area contributed by atoms with Gasteiger partial charge in [0.2, 0.25) is 10.0 Å². The van der Waals surface area contributed by atoms with Gasteiger partial charge in [-0.1, -0.05) is 6.92 Å². The van der Waals surface area contributed by atoms with Crippen LogP contribution in [-0.4, -0.2) is 43.6 Å². The predicted octanol–water partition coefficient (Wildman–Crippen LogP) is 0.894. The maximum Gasteiger partial charge on any atom is 0.419 e. The SMILES string of the molecule is CCN1CCCC1CNS(=O)(=O)c1ccc2oc(=O)n(C)c2c1. The minimum Gasteiger partial charge on any atom is -0.408 e.